The summed E-state index contributed by atoms with van der Waals surface area (Å²) in [5, 5.41) is 6.75. The van der Waals surface area contributed by atoms with E-state index < -0.39 is 0 Å². The minimum absolute atomic E-state index is 0.267. The summed E-state index contributed by atoms with van der Waals surface area (Å²) in [5.74, 6) is 2.67. The largest absolute Gasteiger partial charge is 0.370 e. The van der Waals surface area contributed by atoms with Crippen molar-refractivity contribution in [3.05, 3.63) is 11.9 Å². The van der Waals surface area contributed by atoms with E-state index >= 15 is 0 Å². The number of nitrogens with one attached hydrogen (secondary N) is 2. The Morgan fingerprint density at radius 3 is 2.62 bits per heavy atom. The molecule has 0 radical (unpaired) electrons. The smallest absolute Gasteiger partial charge is 0.132 e. The van der Waals surface area contributed by atoms with Crippen molar-refractivity contribution in [2.75, 3.05) is 17.2 Å². The molecule has 2 N–H and O–H groups in total. The van der Waals surface area contributed by atoms with E-state index in [0.29, 0.717) is 0 Å². The standard InChI is InChI=1S/C12H20N4/c1-4-7-13-10-8-11(15-9(2)14-10)16-12(3)5-6-12/h8H,4-7H2,1-3H3,(H2,13,14,15,16). The summed E-state index contributed by atoms with van der Waals surface area (Å²) in [6, 6.07) is 1.99. The van der Waals surface area contributed by atoms with E-state index in [2.05, 4.69) is 34.4 Å². The highest BCUT2D eigenvalue weighted by Gasteiger charge is 2.37. The summed E-state index contributed by atoms with van der Waals surface area (Å²) in [5.41, 5.74) is 0.267. The van der Waals surface area contributed by atoms with Gasteiger partial charge >= 0.3 is 0 Å². The van der Waals surface area contributed by atoms with Crippen LogP contribution in [0.2, 0.25) is 0 Å². The van der Waals surface area contributed by atoms with E-state index in [1.165, 1.54) is 12.8 Å². The first kappa shape index (κ1) is 11.2. The van der Waals surface area contributed by atoms with Crippen LogP contribution in [0.25, 0.3) is 0 Å². The van der Waals surface area contributed by atoms with Gasteiger partial charge in [-0.3, -0.25) is 0 Å². The Labute approximate surface area is 96.9 Å². The fraction of sp³-hybridized carbons (Fsp3) is 0.667. The maximum Gasteiger partial charge on any atom is 0.132 e. The zero-order valence-electron chi connectivity index (χ0n) is 10.3. The van der Waals surface area contributed by atoms with Crippen LogP contribution in [0.5, 0.6) is 0 Å². The molecule has 1 aliphatic rings. The lowest BCUT2D eigenvalue weighted by molar-refractivity contribution is 0.816. The van der Waals surface area contributed by atoms with E-state index in [1.807, 2.05) is 13.0 Å². The molecular weight excluding hydrogens is 200 g/mol. The Kier molecular flexibility index (Phi) is 2.99. The molecule has 0 bridgehead atoms. The molecule has 4 nitrogen and oxygen atoms in total. The molecule has 1 aromatic rings. The summed E-state index contributed by atoms with van der Waals surface area (Å²) < 4.78 is 0. The highest BCUT2D eigenvalue weighted by molar-refractivity contribution is 5.49. The lowest BCUT2D eigenvalue weighted by Gasteiger charge is -2.14. The first-order valence-electron chi connectivity index (χ1n) is 5.99. The molecule has 1 saturated carbocycles. The lowest BCUT2D eigenvalue weighted by Crippen LogP contribution is -2.17. The fourth-order valence-electron chi connectivity index (χ4n) is 1.60. The van der Waals surface area contributed by atoms with Gasteiger partial charge in [0.15, 0.2) is 0 Å². The van der Waals surface area contributed by atoms with Gasteiger partial charge in [-0.05, 0) is 33.1 Å². The molecule has 0 aromatic carbocycles. The Bertz CT molecular complexity index is 371. The number of nitrogens with zero attached hydrogens (tertiary/aromatic N) is 2. The molecule has 0 atom stereocenters. The molecule has 1 fully saturated rings. The van der Waals surface area contributed by atoms with E-state index in [0.717, 1.165) is 30.4 Å². The first-order valence-corrected chi connectivity index (χ1v) is 5.99. The number of aromatic nitrogens is 2. The van der Waals surface area contributed by atoms with E-state index in [9.17, 15) is 0 Å². The molecular formula is C12H20N4. The van der Waals surface area contributed by atoms with Gasteiger partial charge in [0.1, 0.15) is 17.5 Å². The quantitative estimate of drug-likeness (QED) is 0.800. The molecule has 0 saturated heterocycles. The number of hydrogen-bond acceptors (Lipinski definition) is 4. The predicted octanol–water partition coefficient (Wildman–Crippen LogP) is 2.57. The van der Waals surface area contributed by atoms with Crippen molar-refractivity contribution < 1.29 is 0 Å². The number of aryl methyl sites for hydroxylation is 1. The van der Waals surface area contributed by atoms with Gasteiger partial charge in [0.05, 0.1) is 0 Å². The summed E-state index contributed by atoms with van der Waals surface area (Å²) >= 11 is 0. The van der Waals surface area contributed by atoms with Crippen molar-refractivity contribution >= 4 is 11.6 Å². The van der Waals surface area contributed by atoms with Gasteiger partial charge in [0, 0.05) is 18.2 Å². The van der Waals surface area contributed by atoms with Crippen LogP contribution in [0, 0.1) is 6.92 Å². The maximum absolute atomic E-state index is 4.41. The zero-order chi connectivity index (χ0) is 11.6. The van der Waals surface area contributed by atoms with Crippen molar-refractivity contribution in [3.8, 4) is 0 Å². The fourth-order valence-corrected chi connectivity index (χ4v) is 1.60. The van der Waals surface area contributed by atoms with Gasteiger partial charge < -0.3 is 10.6 Å². The topological polar surface area (TPSA) is 49.8 Å². The highest BCUT2D eigenvalue weighted by atomic mass is 15.1. The average molecular weight is 220 g/mol. The van der Waals surface area contributed by atoms with Crippen LogP contribution >= 0.6 is 0 Å². The van der Waals surface area contributed by atoms with Crippen LogP contribution in [0.15, 0.2) is 6.07 Å². The molecule has 88 valence electrons. The van der Waals surface area contributed by atoms with Gasteiger partial charge in [-0.25, -0.2) is 9.97 Å². The van der Waals surface area contributed by atoms with E-state index in [-0.39, 0.29) is 5.54 Å². The van der Waals surface area contributed by atoms with Crippen molar-refractivity contribution in [1.29, 1.82) is 0 Å². The van der Waals surface area contributed by atoms with Gasteiger partial charge in [-0.15, -0.1) is 0 Å². The van der Waals surface area contributed by atoms with Crippen LogP contribution in [0.4, 0.5) is 11.6 Å². The Balaban J connectivity index is 2.08. The number of hydrogen-bond donors (Lipinski definition) is 2. The second kappa shape index (κ2) is 4.28. The average Bonchev–Trinajstić information content (AvgIpc) is 2.92. The minimum Gasteiger partial charge on any atom is -0.370 e. The monoisotopic (exact) mass is 220 g/mol. The molecule has 0 spiro atoms. The van der Waals surface area contributed by atoms with Gasteiger partial charge in [-0.1, -0.05) is 6.92 Å². The molecule has 1 aromatic heterocycles. The minimum atomic E-state index is 0.267. The number of anilines is 2. The molecule has 0 aliphatic heterocycles. The second-order valence-electron chi connectivity index (χ2n) is 4.80. The molecule has 4 heteroatoms. The molecule has 0 amide bonds. The third-order valence-electron chi connectivity index (χ3n) is 2.82. The normalized spacial score (nSPS) is 16.9. The van der Waals surface area contributed by atoms with E-state index in [4.69, 9.17) is 0 Å². The maximum atomic E-state index is 4.41. The first-order chi connectivity index (χ1) is 7.61. The third-order valence-corrected chi connectivity index (χ3v) is 2.82. The van der Waals surface area contributed by atoms with Crippen molar-refractivity contribution in [2.45, 2.75) is 45.6 Å². The van der Waals surface area contributed by atoms with Crippen LogP contribution in [0.1, 0.15) is 38.9 Å². The van der Waals surface area contributed by atoms with Gasteiger partial charge in [0.2, 0.25) is 0 Å². The van der Waals surface area contributed by atoms with Gasteiger partial charge in [-0.2, -0.15) is 0 Å². The summed E-state index contributed by atoms with van der Waals surface area (Å²) in [6.07, 6.45) is 3.56. The summed E-state index contributed by atoms with van der Waals surface area (Å²) in [6.45, 7) is 7.25. The van der Waals surface area contributed by atoms with Crippen molar-refractivity contribution in [1.82, 2.24) is 9.97 Å². The van der Waals surface area contributed by atoms with Crippen LogP contribution in [0.3, 0.4) is 0 Å². The van der Waals surface area contributed by atoms with Crippen LogP contribution < -0.4 is 10.6 Å². The molecule has 0 unspecified atom stereocenters. The molecule has 16 heavy (non-hydrogen) atoms. The Morgan fingerprint density at radius 1 is 1.31 bits per heavy atom. The third kappa shape index (κ3) is 2.84. The second-order valence-corrected chi connectivity index (χ2v) is 4.80. The van der Waals surface area contributed by atoms with Crippen molar-refractivity contribution in [3.63, 3.8) is 0 Å². The van der Waals surface area contributed by atoms with Crippen LogP contribution in [-0.4, -0.2) is 22.1 Å². The lowest BCUT2D eigenvalue weighted by atomic mass is 10.3. The molecule has 1 heterocycles. The SMILES string of the molecule is CCCNc1cc(NC2(C)CC2)nc(C)n1. The van der Waals surface area contributed by atoms with Crippen LogP contribution in [-0.2, 0) is 0 Å². The van der Waals surface area contributed by atoms with E-state index in [1.54, 1.807) is 0 Å². The number of rotatable bonds is 5. The zero-order valence-corrected chi connectivity index (χ0v) is 10.3. The molecule has 1 aliphatic carbocycles. The summed E-state index contributed by atoms with van der Waals surface area (Å²) in [4.78, 5) is 8.76. The Morgan fingerprint density at radius 2 is 2.00 bits per heavy atom. The van der Waals surface area contributed by atoms with Gasteiger partial charge in [0.25, 0.3) is 0 Å². The predicted molar refractivity (Wildman–Crippen MR) is 66.8 cm³/mol. The highest BCUT2D eigenvalue weighted by Crippen LogP contribution is 2.37. The Hall–Kier alpha value is -1.32. The molecule has 2 rings (SSSR count). The summed E-state index contributed by atoms with van der Waals surface area (Å²) in [7, 11) is 0. The van der Waals surface area contributed by atoms with Crippen molar-refractivity contribution in [2.24, 2.45) is 0 Å².